The molecule has 3 aliphatic rings. The number of fused-ring (bicyclic) bond motifs is 3. The van der Waals surface area contributed by atoms with Gasteiger partial charge in [-0.05, 0) is 70.3 Å². The molecule has 2 aromatic rings. The lowest BCUT2D eigenvalue weighted by atomic mass is 9.88. The molecule has 0 N–H and O–H groups in total. The Morgan fingerprint density at radius 2 is 1.86 bits per heavy atom. The summed E-state index contributed by atoms with van der Waals surface area (Å²) < 4.78 is 6.27. The first kappa shape index (κ1) is 18.3. The normalized spacial score (nSPS) is 27.5. The van der Waals surface area contributed by atoms with E-state index >= 15 is 0 Å². The van der Waals surface area contributed by atoms with Crippen molar-refractivity contribution in [2.24, 2.45) is 11.8 Å². The molecular weight excluding hydrogens is 359 g/mol. The number of ether oxygens (including phenoxy) is 1. The maximum absolute atomic E-state index is 6.27. The highest BCUT2D eigenvalue weighted by Crippen LogP contribution is 2.55. The lowest BCUT2D eigenvalue weighted by Gasteiger charge is -2.26. The molecule has 0 radical (unpaired) electrons. The molecule has 1 fully saturated rings. The first-order valence-corrected chi connectivity index (χ1v) is 12.7. The highest BCUT2D eigenvalue weighted by molar-refractivity contribution is 7.64. The Morgan fingerprint density at radius 3 is 2.64 bits per heavy atom. The molecule has 5 rings (SSSR count). The van der Waals surface area contributed by atoms with Gasteiger partial charge in [-0.1, -0.05) is 69.5 Å². The minimum atomic E-state index is -0.214. The zero-order valence-corrected chi connectivity index (χ0v) is 18.2. The van der Waals surface area contributed by atoms with E-state index < -0.39 is 0 Å². The molecule has 144 valence electrons. The summed E-state index contributed by atoms with van der Waals surface area (Å²) in [6, 6.07) is 13.7. The number of methoxy groups -OCH3 is 1. The van der Waals surface area contributed by atoms with Crippen molar-refractivity contribution in [3.05, 3.63) is 62.8 Å². The molecule has 2 heteroatoms. The average Bonchev–Trinajstić information content (AvgIpc) is 3.43. The summed E-state index contributed by atoms with van der Waals surface area (Å²) in [4.78, 5) is 0. The van der Waals surface area contributed by atoms with Crippen LogP contribution in [0.1, 0.15) is 31.7 Å². The van der Waals surface area contributed by atoms with Gasteiger partial charge < -0.3 is 4.74 Å². The maximum Gasteiger partial charge on any atom is 0.101 e. The Morgan fingerprint density at radius 1 is 1.04 bits per heavy atom. The second-order valence-corrected chi connectivity index (χ2v) is 11.1. The molecule has 0 amide bonds. The van der Waals surface area contributed by atoms with Crippen LogP contribution in [0.5, 0.6) is 0 Å². The Bertz CT molecular complexity index is 1190. The van der Waals surface area contributed by atoms with Crippen LogP contribution in [0, 0.1) is 11.8 Å². The van der Waals surface area contributed by atoms with Gasteiger partial charge in [0.15, 0.2) is 0 Å². The van der Waals surface area contributed by atoms with Crippen LogP contribution in [-0.2, 0) is 4.74 Å². The Kier molecular flexibility index (Phi) is 4.38. The van der Waals surface area contributed by atoms with Gasteiger partial charge in [-0.25, -0.2) is 0 Å². The summed E-state index contributed by atoms with van der Waals surface area (Å²) in [5, 5.41) is 7.12. The minimum Gasteiger partial charge on any atom is -0.373 e. The Hall–Kier alpha value is -1.69. The van der Waals surface area contributed by atoms with Crippen LogP contribution < -0.4 is 26.2 Å². The summed E-state index contributed by atoms with van der Waals surface area (Å²) in [5.41, 5.74) is 2.78. The van der Waals surface area contributed by atoms with Crippen LogP contribution in [0.4, 0.5) is 0 Å². The zero-order chi connectivity index (χ0) is 19.5. The van der Waals surface area contributed by atoms with E-state index in [0.717, 1.165) is 12.8 Å². The number of hydrogen-bond acceptors (Lipinski definition) is 1. The van der Waals surface area contributed by atoms with Crippen LogP contribution in [-0.4, -0.2) is 26.0 Å². The van der Waals surface area contributed by atoms with Crippen LogP contribution in [0.15, 0.2) is 36.4 Å². The van der Waals surface area contributed by atoms with E-state index in [1.54, 1.807) is 0 Å². The van der Waals surface area contributed by atoms with Crippen LogP contribution in [0.2, 0.25) is 0 Å². The molecule has 0 spiro atoms. The smallest absolute Gasteiger partial charge is 0.101 e. The number of rotatable bonds is 3. The lowest BCUT2D eigenvalue weighted by molar-refractivity contribution is 0.121. The van der Waals surface area contributed by atoms with Gasteiger partial charge in [-0.2, -0.15) is 0 Å². The minimum absolute atomic E-state index is 0.144. The van der Waals surface area contributed by atoms with Crippen molar-refractivity contribution in [1.82, 2.24) is 0 Å². The van der Waals surface area contributed by atoms with Crippen molar-refractivity contribution >= 4 is 37.0 Å². The van der Waals surface area contributed by atoms with Gasteiger partial charge in [-0.3, -0.25) is 0 Å². The van der Waals surface area contributed by atoms with Gasteiger partial charge in [0.2, 0.25) is 0 Å². The molecule has 0 aromatic heterocycles. The molecular formula is C26H29OP. The quantitative estimate of drug-likeness (QED) is 0.734. The topological polar surface area (TPSA) is 9.23 Å². The van der Waals surface area contributed by atoms with Gasteiger partial charge >= 0.3 is 0 Å². The van der Waals surface area contributed by atoms with Crippen LogP contribution in [0.3, 0.4) is 0 Å². The molecule has 0 bridgehead atoms. The van der Waals surface area contributed by atoms with Crippen molar-refractivity contribution in [3.8, 4) is 0 Å². The fourth-order valence-corrected chi connectivity index (χ4v) is 6.30. The van der Waals surface area contributed by atoms with Crippen LogP contribution in [0.25, 0.3) is 23.8 Å². The van der Waals surface area contributed by atoms with Crippen LogP contribution >= 0.6 is 7.92 Å². The summed E-state index contributed by atoms with van der Waals surface area (Å²) in [5.74, 6) is 1.13. The van der Waals surface area contributed by atoms with E-state index in [2.05, 4.69) is 74.9 Å². The van der Waals surface area contributed by atoms with E-state index in [9.17, 15) is 0 Å². The highest BCUT2D eigenvalue weighted by atomic mass is 31.1. The van der Waals surface area contributed by atoms with E-state index in [4.69, 9.17) is 4.74 Å². The second-order valence-electron chi connectivity index (χ2n) is 8.82. The third-order valence-electron chi connectivity index (χ3n) is 6.78. The Labute approximate surface area is 168 Å². The van der Waals surface area contributed by atoms with E-state index in [1.165, 1.54) is 43.7 Å². The van der Waals surface area contributed by atoms with Gasteiger partial charge in [-0.15, -0.1) is 0 Å². The van der Waals surface area contributed by atoms with Crippen molar-refractivity contribution in [2.75, 3.05) is 20.4 Å². The van der Waals surface area contributed by atoms with Crippen molar-refractivity contribution in [1.29, 1.82) is 0 Å². The van der Waals surface area contributed by atoms with Gasteiger partial charge in [0.1, 0.15) is 5.60 Å². The molecule has 0 heterocycles. The monoisotopic (exact) mass is 388 g/mol. The van der Waals surface area contributed by atoms with Crippen molar-refractivity contribution < 1.29 is 4.74 Å². The first-order chi connectivity index (χ1) is 13.5. The molecule has 3 unspecified atom stereocenters. The lowest BCUT2D eigenvalue weighted by Crippen LogP contribution is -2.43. The summed E-state index contributed by atoms with van der Waals surface area (Å²) in [6.45, 7) is 7.11. The predicted molar refractivity (Wildman–Crippen MR) is 122 cm³/mol. The summed E-state index contributed by atoms with van der Waals surface area (Å²) >= 11 is 0. The van der Waals surface area contributed by atoms with Gasteiger partial charge in [0, 0.05) is 18.6 Å². The highest BCUT2D eigenvalue weighted by Gasteiger charge is 2.58. The van der Waals surface area contributed by atoms with E-state index in [1.807, 2.05) is 7.11 Å². The fraction of sp³-hybridized carbons (Fsp3) is 0.385. The molecule has 3 atom stereocenters. The van der Waals surface area contributed by atoms with Crippen molar-refractivity contribution in [3.63, 3.8) is 0 Å². The number of benzene rings is 2. The predicted octanol–water partition coefficient (Wildman–Crippen LogP) is 2.44. The average molecular weight is 388 g/mol. The van der Waals surface area contributed by atoms with E-state index in [0.29, 0.717) is 11.8 Å². The third-order valence-corrected chi connectivity index (χ3v) is 8.12. The van der Waals surface area contributed by atoms with Gasteiger partial charge in [0.25, 0.3) is 0 Å². The SMILES string of the molecule is COC12CC1C=c1ccccc1=C2c1c(P(C)C)ccc2c1=CCCC(C)C=2. The second kappa shape index (κ2) is 6.68. The standard InChI is InChI=1S/C26H29OP/c1-17-8-7-11-21-19(14-17)12-13-23(28(3)4)24(21)25-22-10-6-5-9-18(22)15-20-16-26(20,25)27-2/h5-6,9-15,17,20H,7-8,16H2,1-4H3. The first-order valence-electron chi connectivity index (χ1n) is 10.4. The van der Waals surface area contributed by atoms with E-state index in [-0.39, 0.29) is 13.5 Å². The number of hydrogen-bond donors (Lipinski definition) is 0. The largest absolute Gasteiger partial charge is 0.373 e. The van der Waals surface area contributed by atoms with Crippen molar-refractivity contribution in [2.45, 2.75) is 31.8 Å². The third kappa shape index (κ3) is 2.67. The molecule has 1 saturated carbocycles. The fourth-order valence-electron chi connectivity index (χ4n) is 5.25. The molecule has 28 heavy (non-hydrogen) atoms. The molecule has 1 nitrogen and oxygen atoms in total. The molecule has 0 aliphatic heterocycles. The summed E-state index contributed by atoms with van der Waals surface area (Å²) in [7, 11) is 1.69. The molecule has 0 saturated heterocycles. The zero-order valence-electron chi connectivity index (χ0n) is 17.3. The Balaban J connectivity index is 1.98. The maximum atomic E-state index is 6.27. The molecule has 2 aromatic carbocycles. The van der Waals surface area contributed by atoms with Gasteiger partial charge in [0.05, 0.1) is 0 Å². The summed E-state index contributed by atoms with van der Waals surface area (Å²) in [6.07, 6.45) is 10.9. The molecule has 3 aliphatic carbocycles.